The SMILES string of the molecule is CCOC(=O)C(C)(CCSc1ccccc1Cl)NC1CC1. The van der Waals surface area contributed by atoms with Crippen LogP contribution >= 0.6 is 23.4 Å². The highest BCUT2D eigenvalue weighted by atomic mass is 35.5. The number of carbonyl (C=O) groups is 1. The fourth-order valence-corrected chi connectivity index (χ4v) is 3.54. The van der Waals surface area contributed by atoms with E-state index in [4.69, 9.17) is 16.3 Å². The molecule has 0 bridgehead atoms. The average Bonchev–Trinajstić information content (AvgIpc) is 3.25. The lowest BCUT2D eigenvalue weighted by molar-refractivity contribution is -0.150. The van der Waals surface area contributed by atoms with Gasteiger partial charge in [-0.15, -0.1) is 11.8 Å². The summed E-state index contributed by atoms with van der Waals surface area (Å²) in [5.41, 5.74) is -0.606. The third-order valence-electron chi connectivity index (χ3n) is 3.52. The van der Waals surface area contributed by atoms with Gasteiger partial charge < -0.3 is 4.74 Å². The summed E-state index contributed by atoms with van der Waals surface area (Å²) in [6.45, 7) is 4.20. The first-order valence-electron chi connectivity index (χ1n) is 7.37. The second kappa shape index (κ2) is 7.52. The van der Waals surface area contributed by atoms with Gasteiger partial charge in [0, 0.05) is 16.7 Å². The van der Waals surface area contributed by atoms with Gasteiger partial charge in [-0.2, -0.15) is 0 Å². The molecule has 0 saturated heterocycles. The number of hydrogen-bond donors (Lipinski definition) is 1. The van der Waals surface area contributed by atoms with E-state index in [1.54, 1.807) is 11.8 Å². The van der Waals surface area contributed by atoms with Crippen molar-refractivity contribution in [2.75, 3.05) is 12.4 Å². The van der Waals surface area contributed by atoms with E-state index in [1.165, 1.54) is 0 Å². The zero-order valence-corrected chi connectivity index (χ0v) is 14.1. The van der Waals surface area contributed by atoms with Crippen molar-refractivity contribution < 1.29 is 9.53 Å². The minimum Gasteiger partial charge on any atom is -0.465 e. The van der Waals surface area contributed by atoms with Gasteiger partial charge in [0.25, 0.3) is 0 Å². The summed E-state index contributed by atoms with van der Waals surface area (Å²) in [6, 6.07) is 8.25. The number of halogens is 1. The molecular weight excluding hydrogens is 306 g/mol. The van der Waals surface area contributed by atoms with Crippen molar-refractivity contribution in [1.29, 1.82) is 0 Å². The fourth-order valence-electron chi connectivity index (χ4n) is 2.13. The summed E-state index contributed by atoms with van der Waals surface area (Å²) >= 11 is 7.83. The van der Waals surface area contributed by atoms with E-state index in [-0.39, 0.29) is 5.97 Å². The summed E-state index contributed by atoms with van der Waals surface area (Å²) in [5, 5.41) is 4.19. The Morgan fingerprint density at radius 1 is 1.48 bits per heavy atom. The Kier molecular flexibility index (Phi) is 5.97. The van der Waals surface area contributed by atoms with Gasteiger partial charge in [-0.05, 0) is 45.2 Å². The molecule has 2 rings (SSSR count). The Hall–Kier alpha value is -0.710. The van der Waals surface area contributed by atoms with Crippen LogP contribution in [0.15, 0.2) is 29.2 Å². The lowest BCUT2D eigenvalue weighted by Gasteiger charge is -2.28. The van der Waals surface area contributed by atoms with Crippen molar-refractivity contribution in [1.82, 2.24) is 5.32 Å². The van der Waals surface area contributed by atoms with Gasteiger partial charge in [-0.3, -0.25) is 10.1 Å². The lowest BCUT2D eigenvalue weighted by atomic mass is 9.99. The maximum atomic E-state index is 12.2. The molecule has 1 atom stereocenters. The molecule has 21 heavy (non-hydrogen) atoms. The quantitative estimate of drug-likeness (QED) is 0.580. The highest BCUT2D eigenvalue weighted by Crippen LogP contribution is 2.30. The molecule has 0 heterocycles. The summed E-state index contributed by atoms with van der Waals surface area (Å²) in [6.07, 6.45) is 3.01. The molecule has 0 spiro atoms. The Morgan fingerprint density at radius 3 is 2.81 bits per heavy atom. The number of nitrogens with one attached hydrogen (secondary N) is 1. The van der Waals surface area contributed by atoms with Crippen molar-refractivity contribution in [3.8, 4) is 0 Å². The minimum atomic E-state index is -0.606. The normalized spacial score (nSPS) is 17.3. The van der Waals surface area contributed by atoms with Crippen LogP contribution in [-0.4, -0.2) is 29.9 Å². The van der Waals surface area contributed by atoms with E-state index < -0.39 is 5.54 Å². The topological polar surface area (TPSA) is 38.3 Å². The minimum absolute atomic E-state index is 0.156. The van der Waals surface area contributed by atoms with E-state index in [9.17, 15) is 4.79 Å². The van der Waals surface area contributed by atoms with Crippen LogP contribution in [0.3, 0.4) is 0 Å². The van der Waals surface area contributed by atoms with Crippen molar-refractivity contribution in [3.05, 3.63) is 29.3 Å². The van der Waals surface area contributed by atoms with E-state index in [0.717, 1.165) is 34.9 Å². The molecule has 1 saturated carbocycles. The smallest absolute Gasteiger partial charge is 0.326 e. The Labute approximate surface area is 135 Å². The first kappa shape index (κ1) is 16.7. The molecule has 5 heteroatoms. The van der Waals surface area contributed by atoms with Crippen LogP contribution in [-0.2, 0) is 9.53 Å². The Balaban J connectivity index is 1.92. The molecule has 0 aliphatic heterocycles. The Morgan fingerprint density at radius 2 is 2.19 bits per heavy atom. The van der Waals surface area contributed by atoms with Crippen molar-refractivity contribution in [3.63, 3.8) is 0 Å². The number of thioether (sulfide) groups is 1. The monoisotopic (exact) mass is 327 g/mol. The van der Waals surface area contributed by atoms with Gasteiger partial charge in [-0.25, -0.2) is 0 Å². The first-order chi connectivity index (χ1) is 10.0. The molecular formula is C16H22ClNO2S. The van der Waals surface area contributed by atoms with E-state index in [0.29, 0.717) is 12.6 Å². The number of rotatable bonds is 8. The van der Waals surface area contributed by atoms with Crippen molar-refractivity contribution >= 4 is 29.3 Å². The number of esters is 1. The van der Waals surface area contributed by atoms with Gasteiger partial charge >= 0.3 is 5.97 Å². The van der Waals surface area contributed by atoms with Gasteiger partial charge in [0.1, 0.15) is 5.54 Å². The van der Waals surface area contributed by atoms with Crippen molar-refractivity contribution in [2.24, 2.45) is 0 Å². The predicted octanol–water partition coefficient (Wildman–Crippen LogP) is 3.90. The number of benzene rings is 1. The Bertz CT molecular complexity index is 493. The van der Waals surface area contributed by atoms with Gasteiger partial charge in [0.05, 0.1) is 11.6 Å². The van der Waals surface area contributed by atoms with Crippen LogP contribution in [0.5, 0.6) is 0 Å². The average molecular weight is 328 g/mol. The van der Waals surface area contributed by atoms with Crippen LogP contribution < -0.4 is 5.32 Å². The molecule has 0 amide bonds. The van der Waals surface area contributed by atoms with E-state index in [1.807, 2.05) is 38.1 Å². The van der Waals surface area contributed by atoms with Crippen LogP contribution in [0.1, 0.15) is 33.1 Å². The molecule has 0 radical (unpaired) electrons. The molecule has 116 valence electrons. The highest BCUT2D eigenvalue weighted by molar-refractivity contribution is 7.99. The molecule has 1 aliphatic rings. The molecule has 3 nitrogen and oxygen atoms in total. The van der Waals surface area contributed by atoms with Gasteiger partial charge in [0.15, 0.2) is 0 Å². The standard InChI is InChI=1S/C16H22ClNO2S/c1-3-20-15(19)16(2,18-12-8-9-12)10-11-21-14-7-5-4-6-13(14)17/h4-7,12,18H,3,8-11H2,1-2H3. The van der Waals surface area contributed by atoms with E-state index in [2.05, 4.69) is 5.32 Å². The molecule has 1 unspecified atom stereocenters. The maximum absolute atomic E-state index is 12.2. The summed E-state index contributed by atoms with van der Waals surface area (Å²) in [7, 11) is 0. The highest BCUT2D eigenvalue weighted by Gasteiger charge is 2.39. The summed E-state index contributed by atoms with van der Waals surface area (Å²) < 4.78 is 5.23. The third kappa shape index (κ3) is 4.90. The summed E-state index contributed by atoms with van der Waals surface area (Å²) in [5.74, 6) is 0.662. The third-order valence-corrected chi connectivity index (χ3v) is 5.04. The van der Waals surface area contributed by atoms with Crippen LogP contribution in [0, 0.1) is 0 Å². The van der Waals surface area contributed by atoms with E-state index >= 15 is 0 Å². The van der Waals surface area contributed by atoms with Crippen LogP contribution in [0.2, 0.25) is 5.02 Å². The predicted molar refractivity (Wildman–Crippen MR) is 88.0 cm³/mol. The number of hydrogen-bond acceptors (Lipinski definition) is 4. The van der Waals surface area contributed by atoms with Crippen LogP contribution in [0.25, 0.3) is 0 Å². The zero-order chi connectivity index (χ0) is 15.3. The van der Waals surface area contributed by atoms with Gasteiger partial charge in [-0.1, -0.05) is 23.7 Å². The largest absolute Gasteiger partial charge is 0.465 e. The number of carbonyl (C=O) groups excluding carboxylic acids is 1. The molecule has 1 N–H and O–H groups in total. The second-order valence-electron chi connectivity index (χ2n) is 5.50. The van der Waals surface area contributed by atoms with Crippen molar-refractivity contribution in [2.45, 2.75) is 49.6 Å². The summed E-state index contributed by atoms with van der Waals surface area (Å²) in [4.78, 5) is 13.3. The lowest BCUT2D eigenvalue weighted by Crippen LogP contribution is -2.51. The first-order valence-corrected chi connectivity index (χ1v) is 8.74. The maximum Gasteiger partial charge on any atom is 0.326 e. The van der Waals surface area contributed by atoms with Gasteiger partial charge in [0.2, 0.25) is 0 Å². The zero-order valence-electron chi connectivity index (χ0n) is 12.5. The van der Waals surface area contributed by atoms with Crippen LogP contribution in [0.4, 0.5) is 0 Å². The fraction of sp³-hybridized carbons (Fsp3) is 0.562. The number of ether oxygens (including phenoxy) is 1. The second-order valence-corrected chi connectivity index (χ2v) is 7.04. The molecule has 1 aliphatic carbocycles. The molecule has 0 aromatic heterocycles. The molecule has 1 aromatic carbocycles. The molecule has 1 aromatic rings. The molecule has 1 fully saturated rings.